The fourth-order valence-corrected chi connectivity index (χ4v) is 2.33. The number of primary amides is 1. The fourth-order valence-electron chi connectivity index (χ4n) is 2.33. The fraction of sp³-hybridized carbons (Fsp3) is 0.167. The van der Waals surface area contributed by atoms with Crippen LogP contribution in [0.2, 0.25) is 0 Å². The summed E-state index contributed by atoms with van der Waals surface area (Å²) in [5, 5.41) is 2.49. The summed E-state index contributed by atoms with van der Waals surface area (Å²) in [6, 6.07) is 6.40. The zero-order valence-electron chi connectivity index (χ0n) is 14.4. The van der Waals surface area contributed by atoms with Crippen LogP contribution in [0.1, 0.15) is 5.56 Å². The summed E-state index contributed by atoms with van der Waals surface area (Å²) in [4.78, 5) is 36.7. The number of amides is 2. The molecule has 2 rings (SSSR count). The third-order valence-electron chi connectivity index (χ3n) is 3.57. The molecule has 0 atom stereocenters. The zero-order valence-corrected chi connectivity index (χ0v) is 14.4. The van der Waals surface area contributed by atoms with E-state index in [-0.39, 0.29) is 17.8 Å². The van der Waals surface area contributed by atoms with Crippen molar-refractivity contribution in [1.29, 1.82) is 0 Å². The van der Waals surface area contributed by atoms with Crippen molar-refractivity contribution in [2.45, 2.75) is 6.54 Å². The minimum atomic E-state index is -0.680. The summed E-state index contributed by atoms with van der Waals surface area (Å²) < 4.78 is 9.60. The molecule has 1 heterocycles. The minimum absolute atomic E-state index is 0.0346. The number of methoxy groups -OCH3 is 2. The average Bonchev–Trinajstić information content (AvgIpc) is 2.88. The van der Waals surface area contributed by atoms with Crippen molar-refractivity contribution < 1.29 is 23.9 Å². The van der Waals surface area contributed by atoms with E-state index in [1.165, 1.54) is 25.2 Å². The number of carbonyl (C=O) groups excluding carboxylic acids is 3. The Kier molecular flexibility index (Phi) is 6.15. The van der Waals surface area contributed by atoms with Crippen molar-refractivity contribution in [3.63, 3.8) is 0 Å². The molecule has 0 saturated carbocycles. The van der Waals surface area contributed by atoms with E-state index < -0.39 is 18.0 Å². The maximum Gasteiger partial charge on any atom is 0.355 e. The first kappa shape index (κ1) is 18.8. The van der Waals surface area contributed by atoms with Crippen molar-refractivity contribution in [3.05, 3.63) is 65.5 Å². The number of carbonyl (C=O) groups is 3. The lowest BCUT2D eigenvalue weighted by Crippen LogP contribution is -2.28. The molecule has 0 bridgehead atoms. The van der Waals surface area contributed by atoms with Crippen LogP contribution >= 0.6 is 0 Å². The summed E-state index contributed by atoms with van der Waals surface area (Å²) >= 11 is 0. The number of nitrogens with zero attached hydrogens (tertiary/aromatic N) is 1. The number of urea groups is 1. The quantitative estimate of drug-likeness (QED) is 0.770. The first-order valence-electron chi connectivity index (χ1n) is 7.65. The van der Waals surface area contributed by atoms with E-state index in [1.54, 1.807) is 42.6 Å². The molecule has 136 valence electrons. The molecule has 1 aromatic carbocycles. The maximum atomic E-state index is 12.3. The second kappa shape index (κ2) is 8.52. The van der Waals surface area contributed by atoms with Crippen LogP contribution in [0.5, 0.6) is 0 Å². The first-order valence-corrected chi connectivity index (χ1v) is 7.65. The summed E-state index contributed by atoms with van der Waals surface area (Å²) in [5.74, 6) is -1.33. The molecule has 1 aliphatic rings. The predicted octanol–water partition coefficient (Wildman–Crippen LogP) is 1.34. The number of nitrogens with one attached hydrogen (secondary N) is 1. The number of nitrogens with two attached hydrogens (primary N) is 1. The van der Waals surface area contributed by atoms with Crippen molar-refractivity contribution in [3.8, 4) is 0 Å². The number of hydrogen-bond donors (Lipinski definition) is 2. The predicted molar refractivity (Wildman–Crippen MR) is 94.7 cm³/mol. The van der Waals surface area contributed by atoms with E-state index in [4.69, 9.17) is 15.2 Å². The van der Waals surface area contributed by atoms with E-state index in [0.717, 1.165) is 5.56 Å². The van der Waals surface area contributed by atoms with Crippen LogP contribution in [0.3, 0.4) is 0 Å². The molecule has 0 aromatic heterocycles. The molecule has 0 aliphatic carbocycles. The largest absolute Gasteiger partial charge is 0.465 e. The number of rotatable bonds is 5. The van der Waals surface area contributed by atoms with Crippen LogP contribution in [0.25, 0.3) is 0 Å². The number of allylic oxidation sites excluding steroid dienone is 2. The van der Waals surface area contributed by atoms with Crippen LogP contribution in [0, 0.1) is 0 Å². The third-order valence-corrected chi connectivity index (χ3v) is 3.57. The normalized spacial score (nSPS) is 13.2. The SMILES string of the molecule is COC(=O)C1=C(C(=O)OC)N(c2ccc(CNC(N)=O)cc2)C=CC=C1. The molecule has 0 radical (unpaired) electrons. The Balaban J connectivity index is 2.43. The third kappa shape index (κ3) is 4.29. The average molecular weight is 357 g/mol. The number of anilines is 1. The van der Waals surface area contributed by atoms with Crippen molar-refractivity contribution >= 4 is 23.7 Å². The first-order chi connectivity index (χ1) is 12.5. The van der Waals surface area contributed by atoms with Crippen molar-refractivity contribution in [2.75, 3.05) is 19.1 Å². The van der Waals surface area contributed by atoms with Gasteiger partial charge in [-0.2, -0.15) is 0 Å². The van der Waals surface area contributed by atoms with E-state index in [0.29, 0.717) is 5.69 Å². The van der Waals surface area contributed by atoms with Crippen molar-refractivity contribution in [2.24, 2.45) is 5.73 Å². The van der Waals surface area contributed by atoms with Crippen LogP contribution in [0.15, 0.2) is 60.0 Å². The highest BCUT2D eigenvalue weighted by Crippen LogP contribution is 2.26. The molecule has 8 heteroatoms. The topological polar surface area (TPSA) is 111 Å². The molecule has 8 nitrogen and oxygen atoms in total. The molecule has 1 aromatic rings. The summed E-state index contributed by atoms with van der Waals surface area (Å²) in [5.41, 5.74) is 6.60. The van der Waals surface area contributed by atoms with Gasteiger partial charge in [0.05, 0.1) is 19.8 Å². The Morgan fingerprint density at radius 2 is 1.69 bits per heavy atom. The second-order valence-electron chi connectivity index (χ2n) is 5.20. The summed E-state index contributed by atoms with van der Waals surface area (Å²) in [6.07, 6.45) is 6.43. The molecule has 0 unspecified atom stereocenters. The number of benzene rings is 1. The number of hydrogen-bond acceptors (Lipinski definition) is 6. The molecule has 0 spiro atoms. The van der Waals surface area contributed by atoms with Crippen molar-refractivity contribution in [1.82, 2.24) is 5.32 Å². The van der Waals surface area contributed by atoms with Gasteiger partial charge < -0.3 is 25.4 Å². The monoisotopic (exact) mass is 357 g/mol. The van der Waals surface area contributed by atoms with Gasteiger partial charge in [0.2, 0.25) is 0 Å². The Bertz CT molecular complexity index is 794. The highest BCUT2D eigenvalue weighted by molar-refractivity contribution is 6.05. The lowest BCUT2D eigenvalue weighted by molar-refractivity contribution is -0.139. The van der Waals surface area contributed by atoms with Crippen LogP contribution in [0.4, 0.5) is 10.5 Å². The van der Waals surface area contributed by atoms with Gasteiger partial charge in [-0.15, -0.1) is 0 Å². The zero-order chi connectivity index (χ0) is 19.1. The number of ether oxygens (including phenoxy) is 2. The van der Waals surface area contributed by atoms with Gasteiger partial charge in [0.25, 0.3) is 0 Å². The highest BCUT2D eigenvalue weighted by Gasteiger charge is 2.27. The molecule has 2 amide bonds. The Labute approximate surface area is 150 Å². The molecule has 3 N–H and O–H groups in total. The van der Waals surface area contributed by atoms with E-state index in [1.807, 2.05) is 0 Å². The maximum absolute atomic E-state index is 12.3. The van der Waals surface area contributed by atoms with Gasteiger partial charge in [-0.1, -0.05) is 18.2 Å². The Morgan fingerprint density at radius 1 is 1.04 bits per heavy atom. The van der Waals surface area contributed by atoms with Gasteiger partial charge >= 0.3 is 18.0 Å². The number of esters is 2. The van der Waals surface area contributed by atoms with Crippen LogP contribution < -0.4 is 16.0 Å². The van der Waals surface area contributed by atoms with Gasteiger partial charge in [0.15, 0.2) is 0 Å². The van der Waals surface area contributed by atoms with Crippen LogP contribution in [-0.4, -0.2) is 32.2 Å². The van der Waals surface area contributed by atoms with E-state index in [9.17, 15) is 14.4 Å². The Hall–Kier alpha value is -3.55. The van der Waals surface area contributed by atoms with Crippen LogP contribution in [-0.2, 0) is 25.6 Å². The van der Waals surface area contributed by atoms with Gasteiger partial charge in [-0.25, -0.2) is 14.4 Å². The lowest BCUT2D eigenvalue weighted by Gasteiger charge is -2.23. The van der Waals surface area contributed by atoms with E-state index >= 15 is 0 Å². The smallest absolute Gasteiger partial charge is 0.355 e. The van der Waals surface area contributed by atoms with Gasteiger partial charge in [0.1, 0.15) is 5.70 Å². The molecule has 0 fully saturated rings. The molecule has 26 heavy (non-hydrogen) atoms. The summed E-state index contributed by atoms with van der Waals surface area (Å²) in [7, 11) is 2.47. The second-order valence-corrected chi connectivity index (χ2v) is 5.20. The summed E-state index contributed by atoms with van der Waals surface area (Å²) in [6.45, 7) is 0.278. The molecular weight excluding hydrogens is 338 g/mol. The van der Waals surface area contributed by atoms with Gasteiger partial charge in [0, 0.05) is 18.4 Å². The van der Waals surface area contributed by atoms with E-state index in [2.05, 4.69) is 5.32 Å². The lowest BCUT2D eigenvalue weighted by atomic mass is 10.1. The van der Waals surface area contributed by atoms with Gasteiger partial charge in [-0.3, -0.25) is 0 Å². The highest BCUT2D eigenvalue weighted by atomic mass is 16.5. The standard InChI is InChI=1S/C18H19N3O5/c1-25-16(22)14-5-3-4-10-21(15(14)17(23)26-2)13-8-6-12(7-9-13)11-20-18(19)24/h3-10H,11H2,1-2H3,(H3,19,20,24). The molecule has 0 saturated heterocycles. The molecular formula is C18H19N3O5. The van der Waals surface area contributed by atoms with Gasteiger partial charge in [-0.05, 0) is 29.8 Å². The Morgan fingerprint density at radius 3 is 2.27 bits per heavy atom. The minimum Gasteiger partial charge on any atom is -0.465 e. The molecule has 1 aliphatic heterocycles.